The van der Waals surface area contributed by atoms with Gasteiger partial charge in [0.1, 0.15) is 12.2 Å². The van der Waals surface area contributed by atoms with Crippen LogP contribution in [0.15, 0.2) is 91.0 Å². The minimum atomic E-state index is -0.723. The van der Waals surface area contributed by atoms with Crippen LogP contribution in [-0.2, 0) is 32.1 Å². The molecular weight excluding hydrogens is 528 g/mol. The summed E-state index contributed by atoms with van der Waals surface area (Å²) in [5, 5.41) is 1.12. The van der Waals surface area contributed by atoms with E-state index in [0.29, 0.717) is 24.9 Å². The van der Waals surface area contributed by atoms with Crippen LogP contribution in [0.5, 0.6) is 0 Å². The molecule has 0 fully saturated rings. The summed E-state index contributed by atoms with van der Waals surface area (Å²) in [6, 6.07) is 28.2. The summed E-state index contributed by atoms with van der Waals surface area (Å²) in [7, 11) is 0. The van der Waals surface area contributed by atoms with Crippen LogP contribution >= 0.6 is 0 Å². The van der Waals surface area contributed by atoms with Gasteiger partial charge in [-0.3, -0.25) is 15.0 Å². The summed E-state index contributed by atoms with van der Waals surface area (Å²) in [6.07, 6.45) is 1.68. The number of hydrogen-bond donors (Lipinski definition) is 1. The molecular formula is C35H44N2O5. The van der Waals surface area contributed by atoms with E-state index in [1.54, 1.807) is 24.3 Å². The van der Waals surface area contributed by atoms with Crippen LogP contribution in [0.3, 0.4) is 0 Å². The molecule has 42 heavy (non-hydrogen) atoms. The molecule has 0 saturated carbocycles. The van der Waals surface area contributed by atoms with Crippen molar-refractivity contribution in [3.63, 3.8) is 0 Å². The monoisotopic (exact) mass is 572 g/mol. The van der Waals surface area contributed by atoms with Crippen molar-refractivity contribution in [3.8, 4) is 0 Å². The van der Waals surface area contributed by atoms with E-state index in [9.17, 15) is 14.4 Å². The van der Waals surface area contributed by atoms with E-state index in [-0.39, 0.29) is 12.5 Å². The van der Waals surface area contributed by atoms with E-state index >= 15 is 0 Å². The Kier molecular flexibility index (Phi) is 12.1. The first-order chi connectivity index (χ1) is 20.0. The van der Waals surface area contributed by atoms with E-state index < -0.39 is 35.4 Å². The van der Waals surface area contributed by atoms with Gasteiger partial charge in [-0.25, -0.2) is 4.79 Å². The van der Waals surface area contributed by atoms with Gasteiger partial charge >= 0.3 is 12.1 Å². The molecule has 3 aromatic rings. The third-order valence-electron chi connectivity index (χ3n) is 6.70. The van der Waals surface area contributed by atoms with Crippen LogP contribution in [0.1, 0.15) is 65.0 Å². The fraction of sp³-hybridized carbons (Fsp3) is 0.400. The summed E-state index contributed by atoms with van der Waals surface area (Å²) in [6.45, 7) is 9.54. The molecule has 1 unspecified atom stereocenters. The van der Waals surface area contributed by atoms with Crippen LogP contribution in [0.2, 0.25) is 0 Å². The van der Waals surface area contributed by atoms with Crippen molar-refractivity contribution in [1.82, 2.24) is 5.43 Å². The molecule has 0 saturated heterocycles. The predicted molar refractivity (Wildman–Crippen MR) is 165 cm³/mol. The maximum Gasteiger partial charge on any atom is 0.433 e. The highest BCUT2D eigenvalue weighted by Crippen LogP contribution is 2.29. The second-order valence-electron chi connectivity index (χ2n) is 11.9. The number of para-hydroxylation sites is 1. The number of nitrogens with zero attached hydrogens (tertiary/aromatic N) is 1. The molecule has 0 spiro atoms. The Morgan fingerprint density at radius 3 is 1.88 bits per heavy atom. The normalized spacial score (nSPS) is 12.7. The lowest BCUT2D eigenvalue weighted by molar-refractivity contribution is -0.164. The Hall–Kier alpha value is -4.13. The van der Waals surface area contributed by atoms with Gasteiger partial charge in [0.25, 0.3) is 0 Å². The summed E-state index contributed by atoms with van der Waals surface area (Å²) >= 11 is 0. The Bertz CT molecular complexity index is 1260. The number of anilines is 1. The first kappa shape index (κ1) is 32.4. The lowest BCUT2D eigenvalue weighted by Crippen LogP contribution is -2.51. The van der Waals surface area contributed by atoms with E-state index in [0.717, 1.165) is 17.0 Å². The fourth-order valence-corrected chi connectivity index (χ4v) is 4.76. The van der Waals surface area contributed by atoms with Gasteiger partial charge in [0.2, 0.25) is 5.91 Å². The Morgan fingerprint density at radius 2 is 1.33 bits per heavy atom. The maximum absolute atomic E-state index is 14.0. The predicted octanol–water partition coefficient (Wildman–Crippen LogP) is 7.50. The highest BCUT2D eigenvalue weighted by molar-refractivity contribution is 5.94. The van der Waals surface area contributed by atoms with E-state index in [1.165, 1.54) is 5.56 Å². The van der Waals surface area contributed by atoms with Gasteiger partial charge in [-0.15, -0.1) is 0 Å². The van der Waals surface area contributed by atoms with Gasteiger partial charge in [-0.1, -0.05) is 92.7 Å². The summed E-state index contributed by atoms with van der Waals surface area (Å²) in [5.74, 6) is -2.12. The fourth-order valence-electron chi connectivity index (χ4n) is 4.76. The van der Waals surface area contributed by atoms with Crippen molar-refractivity contribution in [2.24, 2.45) is 17.8 Å². The zero-order valence-corrected chi connectivity index (χ0v) is 25.4. The molecule has 1 N–H and O–H groups in total. The van der Waals surface area contributed by atoms with Crippen molar-refractivity contribution in [1.29, 1.82) is 0 Å². The summed E-state index contributed by atoms with van der Waals surface area (Å²) in [5.41, 5.74) is 4.53. The number of hydrazine groups is 1. The smallest absolute Gasteiger partial charge is 0.433 e. The van der Waals surface area contributed by atoms with Gasteiger partial charge in [0.05, 0.1) is 17.5 Å². The second kappa shape index (κ2) is 15.8. The topological polar surface area (TPSA) is 84.9 Å². The van der Waals surface area contributed by atoms with Crippen molar-refractivity contribution < 1.29 is 23.9 Å². The molecule has 3 rings (SSSR count). The first-order valence-corrected chi connectivity index (χ1v) is 14.7. The molecule has 0 aliphatic carbocycles. The average Bonchev–Trinajstić information content (AvgIpc) is 2.96. The second-order valence-corrected chi connectivity index (χ2v) is 11.9. The minimum Gasteiger partial charge on any atom is -0.460 e. The standard InChI is InChI=1S/C35H44N2O5/c1-26(2)24-31(30(33(39)42-35(3,4)5)23-15-20-27-16-9-6-10-17-27)32(38)36-37(29-21-13-8-14-22-29)34(40)41-25-28-18-11-7-12-19-28/h6-14,16-19,21-22,26,30-31H,15,20,23-25H2,1-5H3,(H,36,38)/t30-,31?/m1/s1. The minimum absolute atomic E-state index is 0.0499. The maximum atomic E-state index is 14.0. The van der Waals surface area contributed by atoms with Crippen molar-refractivity contribution in [2.45, 2.75) is 72.5 Å². The number of hydrogen-bond acceptors (Lipinski definition) is 5. The van der Waals surface area contributed by atoms with Gasteiger partial charge < -0.3 is 9.47 Å². The summed E-state index contributed by atoms with van der Waals surface area (Å²) in [4.78, 5) is 40.9. The molecule has 7 nitrogen and oxygen atoms in total. The molecule has 2 amide bonds. The first-order valence-electron chi connectivity index (χ1n) is 14.7. The van der Waals surface area contributed by atoms with Crippen LogP contribution in [-0.4, -0.2) is 23.6 Å². The van der Waals surface area contributed by atoms with E-state index in [4.69, 9.17) is 9.47 Å². The molecule has 2 atom stereocenters. The highest BCUT2D eigenvalue weighted by Gasteiger charge is 2.38. The van der Waals surface area contributed by atoms with E-state index in [2.05, 4.69) is 17.6 Å². The molecule has 3 aromatic carbocycles. The number of rotatable bonds is 12. The molecule has 0 radical (unpaired) electrons. The number of nitrogens with one attached hydrogen (secondary N) is 1. The quantitative estimate of drug-likeness (QED) is 0.179. The molecule has 0 heterocycles. The van der Waals surface area contributed by atoms with E-state index in [1.807, 2.05) is 89.2 Å². The largest absolute Gasteiger partial charge is 0.460 e. The lowest BCUT2D eigenvalue weighted by atomic mass is 9.81. The number of amides is 2. The van der Waals surface area contributed by atoms with Gasteiger partial charge in [-0.05, 0) is 75.6 Å². The molecule has 0 bridgehead atoms. The van der Waals surface area contributed by atoms with Crippen molar-refractivity contribution >= 4 is 23.7 Å². The average molecular weight is 573 g/mol. The van der Waals surface area contributed by atoms with Crippen molar-refractivity contribution in [2.75, 3.05) is 5.01 Å². The van der Waals surface area contributed by atoms with Crippen LogP contribution in [0.4, 0.5) is 10.5 Å². The van der Waals surface area contributed by atoms with Crippen molar-refractivity contribution in [3.05, 3.63) is 102 Å². The zero-order chi connectivity index (χ0) is 30.5. The van der Waals surface area contributed by atoms with Crippen LogP contribution < -0.4 is 10.4 Å². The number of benzene rings is 3. The number of carbonyl (C=O) groups excluding carboxylic acids is 3. The molecule has 224 valence electrons. The van der Waals surface area contributed by atoms with Gasteiger partial charge in [0, 0.05) is 0 Å². The van der Waals surface area contributed by atoms with Gasteiger partial charge in [-0.2, -0.15) is 5.01 Å². The number of ether oxygens (including phenoxy) is 2. The number of aryl methyl sites for hydroxylation is 1. The number of esters is 1. The highest BCUT2D eigenvalue weighted by atomic mass is 16.6. The lowest BCUT2D eigenvalue weighted by Gasteiger charge is -2.31. The van der Waals surface area contributed by atoms with Crippen LogP contribution in [0.25, 0.3) is 0 Å². The Morgan fingerprint density at radius 1 is 0.786 bits per heavy atom. The molecule has 0 aromatic heterocycles. The zero-order valence-electron chi connectivity index (χ0n) is 25.4. The molecule has 7 heteroatoms. The molecule has 0 aliphatic rings. The Labute approximate surface area is 250 Å². The van der Waals surface area contributed by atoms with Crippen LogP contribution in [0, 0.1) is 17.8 Å². The summed E-state index contributed by atoms with van der Waals surface area (Å²) < 4.78 is 11.4. The van der Waals surface area contributed by atoms with Gasteiger partial charge in [0.15, 0.2) is 0 Å². The SMILES string of the molecule is CC(C)CC(C(=O)NN(C(=O)OCc1ccccc1)c1ccccc1)[C@@H](CCCc1ccccc1)C(=O)OC(C)(C)C. The Balaban J connectivity index is 1.85. The molecule has 0 aliphatic heterocycles. The number of carbonyl (C=O) groups is 3. The third kappa shape index (κ3) is 10.7. The third-order valence-corrected chi connectivity index (χ3v) is 6.70.